The van der Waals surface area contributed by atoms with Crippen molar-refractivity contribution in [1.82, 2.24) is 4.90 Å². The number of carbonyl (C=O) groups excluding carboxylic acids is 1. The summed E-state index contributed by atoms with van der Waals surface area (Å²) in [6, 6.07) is 0.110. The Kier molecular flexibility index (Phi) is 8.40. The van der Waals surface area contributed by atoms with Crippen LogP contribution in [0.2, 0.25) is 0 Å². The summed E-state index contributed by atoms with van der Waals surface area (Å²) in [7, 11) is 1.61. The molecule has 5 heteroatoms. The first-order chi connectivity index (χ1) is 7.99. The van der Waals surface area contributed by atoms with Gasteiger partial charge in [-0.25, -0.2) is 0 Å². The van der Waals surface area contributed by atoms with E-state index in [0.717, 1.165) is 0 Å². The second-order valence-electron chi connectivity index (χ2n) is 4.27. The average molecular weight is 245 g/mol. The Balaban J connectivity index is 4.03. The van der Waals surface area contributed by atoms with Crippen molar-refractivity contribution in [2.45, 2.75) is 45.6 Å². The van der Waals surface area contributed by atoms with Crippen molar-refractivity contribution in [3.05, 3.63) is 0 Å². The molecule has 17 heavy (non-hydrogen) atoms. The first-order valence-corrected chi connectivity index (χ1v) is 5.99. The van der Waals surface area contributed by atoms with E-state index < -0.39 is 5.97 Å². The summed E-state index contributed by atoms with van der Waals surface area (Å²) in [5, 5.41) is 8.56. The van der Waals surface area contributed by atoms with E-state index in [2.05, 4.69) is 0 Å². The highest BCUT2D eigenvalue weighted by Gasteiger charge is 2.16. The highest BCUT2D eigenvalue weighted by Crippen LogP contribution is 2.06. The fraction of sp³-hybridized carbons (Fsp3) is 0.833. The van der Waals surface area contributed by atoms with Crippen molar-refractivity contribution in [2.75, 3.05) is 20.3 Å². The van der Waals surface area contributed by atoms with E-state index in [-0.39, 0.29) is 18.4 Å². The van der Waals surface area contributed by atoms with Gasteiger partial charge in [-0.15, -0.1) is 0 Å². The molecule has 0 saturated heterocycles. The number of carboxylic acid groups (broad SMARTS) is 1. The zero-order valence-corrected chi connectivity index (χ0v) is 10.9. The number of amides is 1. The van der Waals surface area contributed by atoms with E-state index in [1.165, 1.54) is 0 Å². The summed E-state index contributed by atoms with van der Waals surface area (Å²) >= 11 is 0. The highest BCUT2D eigenvalue weighted by molar-refractivity contribution is 5.76. The summed E-state index contributed by atoms with van der Waals surface area (Å²) in [6.45, 7) is 4.96. The zero-order chi connectivity index (χ0) is 13.3. The third-order valence-electron chi connectivity index (χ3n) is 2.47. The Morgan fingerprint density at radius 2 is 1.88 bits per heavy atom. The van der Waals surface area contributed by atoms with Gasteiger partial charge in [0.05, 0.1) is 0 Å². The second kappa shape index (κ2) is 8.98. The first-order valence-electron chi connectivity index (χ1n) is 5.99. The van der Waals surface area contributed by atoms with E-state index in [0.29, 0.717) is 32.4 Å². The molecule has 0 aliphatic carbocycles. The summed E-state index contributed by atoms with van der Waals surface area (Å²) < 4.78 is 4.90. The van der Waals surface area contributed by atoms with Gasteiger partial charge in [0.15, 0.2) is 0 Å². The Bertz CT molecular complexity index is 241. The number of nitrogens with zero attached hydrogens (tertiary/aromatic N) is 1. The zero-order valence-electron chi connectivity index (χ0n) is 10.9. The summed E-state index contributed by atoms with van der Waals surface area (Å²) in [5.74, 6) is -0.747. The SMILES string of the molecule is COCCCC(=O)N(CCCC(=O)O)C(C)C. The molecule has 0 atom stereocenters. The minimum absolute atomic E-state index is 0.0717. The van der Waals surface area contributed by atoms with Crippen molar-refractivity contribution in [3.63, 3.8) is 0 Å². The Labute approximate surface area is 103 Å². The maximum atomic E-state index is 11.9. The minimum Gasteiger partial charge on any atom is -0.481 e. The number of hydrogen-bond donors (Lipinski definition) is 1. The molecule has 0 saturated carbocycles. The van der Waals surface area contributed by atoms with Gasteiger partial charge in [-0.2, -0.15) is 0 Å². The molecule has 1 amide bonds. The molecule has 0 heterocycles. The minimum atomic E-state index is -0.819. The summed E-state index contributed by atoms with van der Waals surface area (Å²) in [4.78, 5) is 24.0. The van der Waals surface area contributed by atoms with E-state index >= 15 is 0 Å². The van der Waals surface area contributed by atoms with Gasteiger partial charge in [0.2, 0.25) is 5.91 Å². The van der Waals surface area contributed by atoms with Gasteiger partial charge < -0.3 is 14.7 Å². The molecule has 5 nitrogen and oxygen atoms in total. The van der Waals surface area contributed by atoms with E-state index in [1.807, 2.05) is 13.8 Å². The molecule has 0 aliphatic rings. The molecule has 0 unspecified atom stereocenters. The van der Waals surface area contributed by atoms with Gasteiger partial charge in [-0.05, 0) is 26.7 Å². The molecule has 0 aliphatic heterocycles. The number of ether oxygens (including phenoxy) is 1. The maximum Gasteiger partial charge on any atom is 0.303 e. The Morgan fingerprint density at radius 1 is 1.24 bits per heavy atom. The number of carboxylic acids is 1. The van der Waals surface area contributed by atoms with Crippen LogP contribution in [0.4, 0.5) is 0 Å². The third-order valence-corrected chi connectivity index (χ3v) is 2.47. The van der Waals surface area contributed by atoms with Crippen LogP contribution >= 0.6 is 0 Å². The topological polar surface area (TPSA) is 66.8 Å². The number of rotatable bonds is 9. The van der Waals surface area contributed by atoms with Crippen LogP contribution in [-0.4, -0.2) is 48.2 Å². The van der Waals surface area contributed by atoms with Crippen molar-refractivity contribution in [3.8, 4) is 0 Å². The van der Waals surface area contributed by atoms with Crippen LogP contribution in [0.25, 0.3) is 0 Å². The van der Waals surface area contributed by atoms with Crippen molar-refractivity contribution < 1.29 is 19.4 Å². The Hall–Kier alpha value is -1.10. The molecule has 0 rings (SSSR count). The molecule has 0 aromatic rings. The lowest BCUT2D eigenvalue weighted by atomic mass is 10.2. The second-order valence-corrected chi connectivity index (χ2v) is 4.27. The lowest BCUT2D eigenvalue weighted by Gasteiger charge is -2.26. The molecule has 0 spiro atoms. The van der Waals surface area contributed by atoms with Crippen LogP contribution in [0.1, 0.15) is 39.5 Å². The standard InChI is InChI=1S/C12H23NO4/c1-10(2)13(8-4-7-12(15)16)11(14)6-5-9-17-3/h10H,4-9H2,1-3H3,(H,15,16). The van der Waals surface area contributed by atoms with Crippen LogP contribution in [0.3, 0.4) is 0 Å². The van der Waals surface area contributed by atoms with E-state index in [9.17, 15) is 9.59 Å². The van der Waals surface area contributed by atoms with E-state index in [1.54, 1.807) is 12.0 Å². The van der Waals surface area contributed by atoms with Crippen LogP contribution < -0.4 is 0 Å². The van der Waals surface area contributed by atoms with Gasteiger partial charge in [0.25, 0.3) is 0 Å². The quantitative estimate of drug-likeness (QED) is 0.625. The molecule has 100 valence electrons. The van der Waals surface area contributed by atoms with Gasteiger partial charge in [-0.3, -0.25) is 9.59 Å². The van der Waals surface area contributed by atoms with Gasteiger partial charge in [0.1, 0.15) is 0 Å². The predicted molar refractivity (Wildman–Crippen MR) is 64.8 cm³/mol. The molecular formula is C12H23NO4. The number of methoxy groups -OCH3 is 1. The molecule has 0 radical (unpaired) electrons. The normalized spacial score (nSPS) is 10.6. The van der Waals surface area contributed by atoms with Gasteiger partial charge >= 0.3 is 5.97 Å². The van der Waals surface area contributed by atoms with E-state index in [4.69, 9.17) is 9.84 Å². The molecule has 1 N–H and O–H groups in total. The number of hydrogen-bond acceptors (Lipinski definition) is 3. The van der Waals surface area contributed by atoms with Gasteiger partial charge in [0, 0.05) is 39.1 Å². The lowest BCUT2D eigenvalue weighted by Crippen LogP contribution is -2.37. The Morgan fingerprint density at radius 3 is 2.35 bits per heavy atom. The molecule has 0 fully saturated rings. The fourth-order valence-electron chi connectivity index (χ4n) is 1.58. The largest absolute Gasteiger partial charge is 0.481 e. The summed E-state index contributed by atoms with van der Waals surface area (Å²) in [6.07, 6.45) is 1.77. The van der Waals surface area contributed by atoms with Gasteiger partial charge in [-0.1, -0.05) is 0 Å². The fourth-order valence-corrected chi connectivity index (χ4v) is 1.58. The smallest absolute Gasteiger partial charge is 0.303 e. The van der Waals surface area contributed by atoms with Crippen LogP contribution in [0.15, 0.2) is 0 Å². The summed E-state index contributed by atoms with van der Waals surface area (Å²) in [5.41, 5.74) is 0. The average Bonchev–Trinajstić information content (AvgIpc) is 2.23. The highest BCUT2D eigenvalue weighted by atomic mass is 16.5. The van der Waals surface area contributed by atoms with Crippen molar-refractivity contribution >= 4 is 11.9 Å². The molecule has 0 aromatic heterocycles. The maximum absolute atomic E-state index is 11.9. The predicted octanol–water partition coefficient (Wildman–Crippen LogP) is 1.51. The lowest BCUT2D eigenvalue weighted by molar-refractivity contribution is -0.138. The van der Waals surface area contributed by atoms with Crippen molar-refractivity contribution in [2.24, 2.45) is 0 Å². The monoisotopic (exact) mass is 245 g/mol. The van der Waals surface area contributed by atoms with Crippen LogP contribution in [-0.2, 0) is 14.3 Å². The van der Waals surface area contributed by atoms with Crippen LogP contribution in [0.5, 0.6) is 0 Å². The number of carbonyl (C=O) groups is 2. The molecular weight excluding hydrogens is 222 g/mol. The molecule has 0 aromatic carbocycles. The third kappa shape index (κ3) is 7.74. The first kappa shape index (κ1) is 15.9. The van der Waals surface area contributed by atoms with Crippen molar-refractivity contribution in [1.29, 1.82) is 0 Å². The van der Waals surface area contributed by atoms with Crippen LogP contribution in [0, 0.1) is 0 Å². The number of aliphatic carboxylic acids is 1. The molecule has 0 bridgehead atoms.